The molecule has 0 N–H and O–H groups in total. The van der Waals surface area contributed by atoms with Gasteiger partial charge >= 0.3 is 5.97 Å². The SMILES string of the molecule is O=C1CCCCPCO1. The second-order valence-corrected chi connectivity index (χ2v) is 3.41. The molecule has 0 aromatic heterocycles. The molecule has 1 fully saturated rings. The van der Waals surface area contributed by atoms with E-state index in [0.717, 1.165) is 15.0 Å². The largest absolute Gasteiger partial charge is 0.461 e. The third kappa shape index (κ3) is 2.81. The minimum absolute atomic E-state index is 0.0119. The monoisotopic (exact) mass is 146 g/mol. The third-order valence-electron chi connectivity index (χ3n) is 1.32. The van der Waals surface area contributed by atoms with Crippen LogP contribution in [0.5, 0.6) is 0 Å². The second kappa shape index (κ2) is 3.84. The topological polar surface area (TPSA) is 26.3 Å². The van der Waals surface area contributed by atoms with Crippen LogP contribution >= 0.6 is 8.58 Å². The van der Waals surface area contributed by atoms with Gasteiger partial charge in [0.05, 0.1) is 0 Å². The fourth-order valence-corrected chi connectivity index (χ4v) is 1.70. The maximum atomic E-state index is 10.6. The summed E-state index contributed by atoms with van der Waals surface area (Å²) in [6.45, 7) is 0. The number of ether oxygens (including phenoxy) is 1. The van der Waals surface area contributed by atoms with Crippen LogP contribution in [0.4, 0.5) is 0 Å². The molecule has 1 rings (SSSR count). The van der Waals surface area contributed by atoms with Crippen LogP contribution in [0.2, 0.25) is 0 Å². The Morgan fingerprint density at radius 2 is 2.33 bits per heavy atom. The molecule has 1 saturated heterocycles. The first-order valence-electron chi connectivity index (χ1n) is 3.26. The Balaban J connectivity index is 2.20. The molecule has 1 heterocycles. The Morgan fingerprint density at radius 1 is 1.44 bits per heavy atom. The molecule has 52 valence electrons. The molecule has 1 aliphatic heterocycles. The van der Waals surface area contributed by atoms with Gasteiger partial charge in [0.25, 0.3) is 0 Å². The zero-order valence-corrected chi connectivity index (χ0v) is 6.35. The fraction of sp³-hybridized carbons (Fsp3) is 0.833. The molecule has 0 aromatic carbocycles. The normalized spacial score (nSPS) is 24.7. The molecule has 0 amide bonds. The number of rotatable bonds is 0. The zero-order valence-electron chi connectivity index (χ0n) is 5.35. The van der Waals surface area contributed by atoms with Crippen molar-refractivity contribution in [2.24, 2.45) is 0 Å². The van der Waals surface area contributed by atoms with Gasteiger partial charge in [0.15, 0.2) is 0 Å². The van der Waals surface area contributed by atoms with Crippen molar-refractivity contribution >= 4 is 14.6 Å². The lowest BCUT2D eigenvalue weighted by Gasteiger charge is -2.07. The van der Waals surface area contributed by atoms with E-state index in [1.807, 2.05) is 0 Å². The van der Waals surface area contributed by atoms with Crippen molar-refractivity contribution in [1.82, 2.24) is 0 Å². The van der Waals surface area contributed by atoms with Crippen molar-refractivity contribution < 1.29 is 9.53 Å². The van der Waals surface area contributed by atoms with Crippen LogP contribution in [0.3, 0.4) is 0 Å². The van der Waals surface area contributed by atoms with Crippen molar-refractivity contribution in [3.8, 4) is 0 Å². The van der Waals surface area contributed by atoms with Crippen molar-refractivity contribution in [2.75, 3.05) is 12.5 Å². The molecule has 1 atom stereocenters. The van der Waals surface area contributed by atoms with Crippen LogP contribution in [0, 0.1) is 0 Å². The maximum absolute atomic E-state index is 10.6. The summed E-state index contributed by atoms with van der Waals surface area (Å²) in [4.78, 5) is 10.6. The van der Waals surface area contributed by atoms with Gasteiger partial charge in [-0.15, -0.1) is 0 Å². The van der Waals surface area contributed by atoms with Crippen LogP contribution in [-0.2, 0) is 9.53 Å². The van der Waals surface area contributed by atoms with Gasteiger partial charge in [-0.2, -0.15) is 0 Å². The Labute approximate surface area is 56.7 Å². The summed E-state index contributed by atoms with van der Waals surface area (Å²) in [5, 5.41) is 0. The summed E-state index contributed by atoms with van der Waals surface area (Å²) in [7, 11) is 0.833. The van der Waals surface area contributed by atoms with E-state index in [1.165, 1.54) is 12.6 Å². The zero-order chi connectivity index (χ0) is 6.53. The van der Waals surface area contributed by atoms with Gasteiger partial charge in [-0.3, -0.25) is 4.79 Å². The molecule has 2 nitrogen and oxygen atoms in total. The second-order valence-electron chi connectivity index (χ2n) is 2.12. The summed E-state index contributed by atoms with van der Waals surface area (Å²) in [5.41, 5.74) is 0. The first-order chi connectivity index (χ1) is 4.39. The number of esters is 1. The Morgan fingerprint density at radius 3 is 3.22 bits per heavy atom. The predicted molar refractivity (Wildman–Crippen MR) is 38.0 cm³/mol. The lowest BCUT2D eigenvalue weighted by molar-refractivity contribution is -0.141. The molecule has 9 heavy (non-hydrogen) atoms. The molecule has 0 saturated carbocycles. The summed E-state index contributed by atoms with van der Waals surface area (Å²) < 4.78 is 4.86. The molecule has 0 radical (unpaired) electrons. The van der Waals surface area contributed by atoms with Gasteiger partial charge in [-0.05, 0) is 19.0 Å². The average molecular weight is 146 g/mol. The quantitative estimate of drug-likeness (QED) is 0.381. The average Bonchev–Trinajstić information content (AvgIpc) is 1.79. The lowest BCUT2D eigenvalue weighted by atomic mass is 10.2. The Kier molecular flexibility index (Phi) is 2.99. The highest BCUT2D eigenvalue weighted by atomic mass is 31.1. The molecule has 1 aliphatic rings. The first-order valence-corrected chi connectivity index (χ1v) is 4.67. The molecular weight excluding hydrogens is 135 g/mol. The number of hydrogen-bond donors (Lipinski definition) is 0. The van der Waals surface area contributed by atoms with Crippen molar-refractivity contribution in [3.63, 3.8) is 0 Å². The minimum Gasteiger partial charge on any atom is -0.461 e. The van der Waals surface area contributed by atoms with E-state index in [1.54, 1.807) is 0 Å². The molecule has 0 spiro atoms. The van der Waals surface area contributed by atoms with Crippen molar-refractivity contribution in [2.45, 2.75) is 19.3 Å². The van der Waals surface area contributed by atoms with Gasteiger partial charge in [0.1, 0.15) is 6.35 Å². The number of carbonyl (C=O) groups excluding carboxylic acids is 1. The Hall–Kier alpha value is -0.100. The molecule has 0 aromatic rings. The summed E-state index contributed by atoms with van der Waals surface area (Å²) in [5.74, 6) is -0.0119. The maximum Gasteiger partial charge on any atom is 0.306 e. The van der Waals surface area contributed by atoms with E-state index in [4.69, 9.17) is 4.74 Å². The summed E-state index contributed by atoms with van der Waals surface area (Å²) in [6.07, 6.45) is 4.76. The molecule has 3 heteroatoms. The number of cyclic esters (lactones) is 1. The van der Waals surface area contributed by atoms with Crippen molar-refractivity contribution in [1.29, 1.82) is 0 Å². The van der Waals surface area contributed by atoms with E-state index in [2.05, 4.69) is 0 Å². The van der Waals surface area contributed by atoms with E-state index < -0.39 is 0 Å². The van der Waals surface area contributed by atoms with Crippen LogP contribution in [0.1, 0.15) is 19.3 Å². The molecule has 1 unspecified atom stereocenters. The number of hydrogen-bond acceptors (Lipinski definition) is 2. The summed E-state index contributed by atoms with van der Waals surface area (Å²) in [6, 6.07) is 0. The van der Waals surface area contributed by atoms with Crippen molar-refractivity contribution in [3.05, 3.63) is 0 Å². The van der Waals surface area contributed by atoms with Gasteiger partial charge in [-0.1, -0.05) is 8.58 Å². The highest BCUT2D eigenvalue weighted by molar-refractivity contribution is 7.37. The van der Waals surface area contributed by atoms with Gasteiger partial charge in [0, 0.05) is 6.42 Å². The van der Waals surface area contributed by atoms with Gasteiger partial charge in [-0.25, -0.2) is 0 Å². The van der Waals surface area contributed by atoms with Crippen LogP contribution < -0.4 is 0 Å². The van der Waals surface area contributed by atoms with Crippen LogP contribution in [0.15, 0.2) is 0 Å². The van der Waals surface area contributed by atoms with E-state index in [-0.39, 0.29) is 5.97 Å². The Bertz CT molecular complexity index is 93.2. The molecule has 0 bridgehead atoms. The third-order valence-corrected chi connectivity index (χ3v) is 2.38. The van der Waals surface area contributed by atoms with E-state index in [0.29, 0.717) is 12.8 Å². The van der Waals surface area contributed by atoms with E-state index in [9.17, 15) is 4.79 Å². The lowest BCUT2D eigenvalue weighted by Crippen LogP contribution is -2.05. The van der Waals surface area contributed by atoms with Gasteiger partial charge in [0.2, 0.25) is 0 Å². The minimum atomic E-state index is -0.0119. The summed E-state index contributed by atoms with van der Waals surface area (Å²) >= 11 is 0. The molecular formula is C6H11O2P. The number of carbonyl (C=O) groups is 1. The molecule has 0 aliphatic carbocycles. The van der Waals surface area contributed by atoms with E-state index >= 15 is 0 Å². The first kappa shape index (κ1) is 7.01. The van der Waals surface area contributed by atoms with Crippen LogP contribution in [-0.4, -0.2) is 18.5 Å². The predicted octanol–water partition coefficient (Wildman–Crippen LogP) is 1.35. The standard InChI is InChI=1S/C6H11O2P/c7-6-3-1-2-4-9-5-8-6/h9H,1-5H2. The fourth-order valence-electron chi connectivity index (χ4n) is 0.795. The van der Waals surface area contributed by atoms with Gasteiger partial charge < -0.3 is 4.74 Å². The van der Waals surface area contributed by atoms with Crippen LogP contribution in [0.25, 0.3) is 0 Å². The highest BCUT2D eigenvalue weighted by Crippen LogP contribution is 2.17. The highest BCUT2D eigenvalue weighted by Gasteiger charge is 2.04. The smallest absolute Gasteiger partial charge is 0.306 e.